The van der Waals surface area contributed by atoms with Crippen molar-refractivity contribution in [3.05, 3.63) is 12.2 Å². The fourth-order valence-electron chi connectivity index (χ4n) is 1.61. The topological polar surface area (TPSA) is 42.7 Å². The molecule has 0 aromatic carbocycles. The lowest BCUT2D eigenvalue weighted by atomic mass is 10.0. The highest BCUT2D eigenvalue weighted by molar-refractivity contribution is 4.85. The van der Waals surface area contributed by atoms with Crippen LogP contribution in [0.2, 0.25) is 0 Å². The number of rotatable bonds is 5. The summed E-state index contributed by atoms with van der Waals surface area (Å²) in [5.74, 6) is 1.71. The van der Waals surface area contributed by atoms with Gasteiger partial charge in [-0.2, -0.15) is 5.10 Å². The van der Waals surface area contributed by atoms with Crippen LogP contribution in [0.3, 0.4) is 0 Å². The quantitative estimate of drug-likeness (QED) is 0.829. The zero-order valence-electron chi connectivity index (χ0n) is 11.1. The zero-order valence-corrected chi connectivity index (χ0v) is 11.1. The fraction of sp³-hybridized carbons (Fsp3) is 0.833. The van der Waals surface area contributed by atoms with Crippen molar-refractivity contribution in [1.82, 2.24) is 20.1 Å². The molecule has 4 nitrogen and oxygen atoms in total. The minimum absolute atomic E-state index is 0.213. The monoisotopic (exact) mass is 224 g/mol. The van der Waals surface area contributed by atoms with Crippen LogP contribution in [0.1, 0.15) is 39.9 Å². The lowest BCUT2D eigenvalue weighted by Crippen LogP contribution is -2.37. The summed E-state index contributed by atoms with van der Waals surface area (Å²) >= 11 is 0. The summed E-state index contributed by atoms with van der Waals surface area (Å²) < 4.78 is 1.85. The van der Waals surface area contributed by atoms with E-state index < -0.39 is 0 Å². The van der Waals surface area contributed by atoms with Crippen molar-refractivity contribution in [2.75, 3.05) is 6.54 Å². The van der Waals surface area contributed by atoms with E-state index in [0.717, 1.165) is 18.8 Å². The third-order valence-electron chi connectivity index (χ3n) is 2.63. The number of hydrogen-bond acceptors (Lipinski definition) is 3. The highest BCUT2D eigenvalue weighted by Gasteiger charge is 2.11. The van der Waals surface area contributed by atoms with Gasteiger partial charge in [-0.15, -0.1) is 0 Å². The minimum atomic E-state index is 0.213. The number of nitrogens with zero attached hydrogens (tertiary/aromatic N) is 3. The molecule has 0 saturated carbocycles. The molecule has 1 atom stereocenters. The second kappa shape index (κ2) is 5.43. The van der Waals surface area contributed by atoms with Crippen molar-refractivity contribution >= 4 is 0 Å². The normalized spacial score (nSPS) is 14.1. The van der Waals surface area contributed by atoms with Crippen LogP contribution in [-0.4, -0.2) is 26.8 Å². The third-order valence-corrected chi connectivity index (χ3v) is 2.63. The van der Waals surface area contributed by atoms with Crippen LogP contribution in [0, 0.1) is 5.92 Å². The van der Waals surface area contributed by atoms with Gasteiger partial charge in [-0.25, -0.2) is 4.98 Å². The summed E-state index contributed by atoms with van der Waals surface area (Å²) in [4.78, 5) is 4.24. The lowest BCUT2D eigenvalue weighted by molar-refractivity contribution is 0.390. The van der Waals surface area contributed by atoms with E-state index in [0.29, 0.717) is 5.92 Å². The number of aryl methyl sites for hydroxylation is 1. The maximum atomic E-state index is 4.24. The van der Waals surface area contributed by atoms with Crippen molar-refractivity contribution in [3.8, 4) is 0 Å². The van der Waals surface area contributed by atoms with E-state index in [1.54, 1.807) is 6.33 Å². The second-order valence-corrected chi connectivity index (χ2v) is 5.57. The van der Waals surface area contributed by atoms with Gasteiger partial charge in [0, 0.05) is 19.0 Å². The van der Waals surface area contributed by atoms with Crippen molar-refractivity contribution in [2.24, 2.45) is 13.0 Å². The summed E-state index contributed by atoms with van der Waals surface area (Å²) in [5, 5.41) is 7.58. The van der Waals surface area contributed by atoms with Gasteiger partial charge in [-0.1, -0.05) is 6.92 Å². The van der Waals surface area contributed by atoms with Gasteiger partial charge in [0.15, 0.2) is 0 Å². The summed E-state index contributed by atoms with van der Waals surface area (Å²) in [7, 11) is 1.95. The molecule has 1 unspecified atom stereocenters. The molecule has 0 aliphatic heterocycles. The number of hydrogen-bond donors (Lipinski definition) is 1. The molecule has 0 aliphatic rings. The third kappa shape index (κ3) is 4.75. The van der Waals surface area contributed by atoms with Crippen LogP contribution >= 0.6 is 0 Å². The first kappa shape index (κ1) is 13.2. The van der Waals surface area contributed by atoms with Gasteiger partial charge in [-0.05, 0) is 39.7 Å². The molecule has 0 spiro atoms. The van der Waals surface area contributed by atoms with Gasteiger partial charge in [0.2, 0.25) is 0 Å². The Bertz CT molecular complexity index is 311. The first-order valence-electron chi connectivity index (χ1n) is 5.96. The Balaban J connectivity index is 2.26. The van der Waals surface area contributed by atoms with E-state index in [2.05, 4.69) is 43.1 Å². The van der Waals surface area contributed by atoms with Gasteiger partial charge < -0.3 is 5.32 Å². The van der Waals surface area contributed by atoms with Crippen molar-refractivity contribution in [2.45, 2.75) is 46.1 Å². The highest BCUT2D eigenvalue weighted by atomic mass is 15.3. The molecule has 0 saturated heterocycles. The summed E-state index contributed by atoms with van der Waals surface area (Å²) in [5.41, 5.74) is 0.213. The Hall–Kier alpha value is -0.900. The molecule has 0 aliphatic carbocycles. The fourth-order valence-corrected chi connectivity index (χ4v) is 1.61. The standard InChI is InChI=1S/C12H24N4/c1-10(6-7-14-12(2,3)4)8-11-13-9-15-16(11)5/h9-10,14H,6-8H2,1-5H3. The zero-order chi connectivity index (χ0) is 12.2. The van der Waals surface area contributed by atoms with E-state index in [1.165, 1.54) is 6.42 Å². The molecule has 1 heterocycles. The Labute approximate surface area is 98.5 Å². The number of nitrogens with one attached hydrogen (secondary N) is 1. The number of aromatic nitrogens is 3. The summed E-state index contributed by atoms with van der Waals surface area (Å²) in [6, 6.07) is 0. The molecule has 16 heavy (non-hydrogen) atoms. The first-order valence-corrected chi connectivity index (χ1v) is 5.96. The molecular weight excluding hydrogens is 200 g/mol. The molecular formula is C12H24N4. The van der Waals surface area contributed by atoms with E-state index in [4.69, 9.17) is 0 Å². The Morgan fingerprint density at radius 3 is 2.62 bits per heavy atom. The van der Waals surface area contributed by atoms with Crippen molar-refractivity contribution < 1.29 is 0 Å². The molecule has 0 amide bonds. The van der Waals surface area contributed by atoms with Gasteiger partial charge in [0.05, 0.1) is 0 Å². The minimum Gasteiger partial charge on any atom is -0.312 e. The molecule has 1 aromatic heterocycles. The highest BCUT2D eigenvalue weighted by Crippen LogP contribution is 2.09. The first-order chi connectivity index (χ1) is 7.38. The van der Waals surface area contributed by atoms with Gasteiger partial charge in [-0.3, -0.25) is 4.68 Å². The predicted molar refractivity (Wildman–Crippen MR) is 66.2 cm³/mol. The lowest BCUT2D eigenvalue weighted by Gasteiger charge is -2.21. The molecule has 1 rings (SSSR count). The van der Waals surface area contributed by atoms with Crippen LogP contribution in [0.4, 0.5) is 0 Å². The smallest absolute Gasteiger partial charge is 0.138 e. The SMILES string of the molecule is CC(CCNC(C)(C)C)Cc1ncnn1C. The Kier molecular flexibility index (Phi) is 4.47. The Morgan fingerprint density at radius 1 is 1.44 bits per heavy atom. The molecule has 0 fully saturated rings. The van der Waals surface area contributed by atoms with Crippen LogP contribution in [0.5, 0.6) is 0 Å². The van der Waals surface area contributed by atoms with Crippen molar-refractivity contribution in [1.29, 1.82) is 0 Å². The summed E-state index contributed by atoms with van der Waals surface area (Å²) in [6.45, 7) is 9.91. The molecule has 4 heteroatoms. The average Bonchev–Trinajstić information content (AvgIpc) is 2.49. The van der Waals surface area contributed by atoms with Gasteiger partial charge in [0.1, 0.15) is 12.2 Å². The van der Waals surface area contributed by atoms with Crippen LogP contribution < -0.4 is 5.32 Å². The molecule has 1 N–H and O–H groups in total. The van der Waals surface area contributed by atoms with E-state index in [1.807, 2.05) is 11.7 Å². The van der Waals surface area contributed by atoms with Crippen LogP contribution in [-0.2, 0) is 13.5 Å². The molecule has 92 valence electrons. The van der Waals surface area contributed by atoms with E-state index >= 15 is 0 Å². The van der Waals surface area contributed by atoms with E-state index in [9.17, 15) is 0 Å². The van der Waals surface area contributed by atoms with E-state index in [-0.39, 0.29) is 5.54 Å². The average molecular weight is 224 g/mol. The maximum Gasteiger partial charge on any atom is 0.138 e. The van der Waals surface area contributed by atoms with Crippen LogP contribution in [0.15, 0.2) is 6.33 Å². The largest absolute Gasteiger partial charge is 0.312 e. The molecule has 0 radical (unpaired) electrons. The van der Waals surface area contributed by atoms with Gasteiger partial charge >= 0.3 is 0 Å². The predicted octanol–water partition coefficient (Wildman–Crippen LogP) is 1.77. The van der Waals surface area contributed by atoms with Crippen LogP contribution in [0.25, 0.3) is 0 Å². The second-order valence-electron chi connectivity index (χ2n) is 5.57. The molecule has 1 aromatic rings. The van der Waals surface area contributed by atoms with Gasteiger partial charge in [0.25, 0.3) is 0 Å². The Morgan fingerprint density at radius 2 is 2.12 bits per heavy atom. The molecule has 0 bridgehead atoms. The summed E-state index contributed by atoms with van der Waals surface area (Å²) in [6.07, 6.45) is 3.79. The maximum absolute atomic E-state index is 4.24. The van der Waals surface area contributed by atoms with Crippen molar-refractivity contribution in [3.63, 3.8) is 0 Å².